The Kier molecular flexibility index (Phi) is 8.94. The van der Waals surface area contributed by atoms with Crippen LogP contribution in [0.4, 0.5) is 4.79 Å². The molecule has 1 heterocycles. The normalized spacial score (nSPS) is 24.8. The van der Waals surface area contributed by atoms with Crippen molar-refractivity contribution in [3.63, 3.8) is 0 Å². The first kappa shape index (κ1) is 25.3. The van der Waals surface area contributed by atoms with Gasteiger partial charge in [0.25, 0.3) is 0 Å². The van der Waals surface area contributed by atoms with Crippen LogP contribution in [0.15, 0.2) is 42.5 Å². The fraction of sp³-hybridized carbons (Fsp3) is 0.458. The van der Waals surface area contributed by atoms with Gasteiger partial charge in [-0.3, -0.25) is 0 Å². The number of hydrogen-bond donors (Lipinski definition) is 3. The summed E-state index contributed by atoms with van der Waals surface area (Å²) in [6, 6.07) is 12.8. The third kappa shape index (κ3) is 6.37. The van der Waals surface area contributed by atoms with Crippen LogP contribution >= 0.6 is 11.6 Å². The largest absolute Gasteiger partial charge is 0.508 e. The first-order chi connectivity index (χ1) is 15.8. The van der Waals surface area contributed by atoms with Crippen LogP contribution in [0.3, 0.4) is 0 Å². The number of rotatable bonds is 8. The summed E-state index contributed by atoms with van der Waals surface area (Å²) in [5.41, 5.74) is 2.38. The maximum absolute atomic E-state index is 11.5. The Bertz CT molecular complexity index is 919. The van der Waals surface area contributed by atoms with Crippen LogP contribution in [0.2, 0.25) is 5.02 Å². The molecule has 0 spiro atoms. The van der Waals surface area contributed by atoms with Gasteiger partial charge in [0.15, 0.2) is 0 Å². The highest BCUT2D eigenvalue weighted by Crippen LogP contribution is 2.34. The van der Waals surface area contributed by atoms with Crippen molar-refractivity contribution < 1.29 is 39.1 Å². The maximum atomic E-state index is 11.5. The number of halogens is 1. The third-order valence-electron chi connectivity index (χ3n) is 5.37. The summed E-state index contributed by atoms with van der Waals surface area (Å²) in [7, 11) is 0. The maximum Gasteiger partial charge on any atom is 0.508 e. The van der Waals surface area contributed by atoms with Gasteiger partial charge >= 0.3 is 6.16 Å². The number of aliphatic hydroxyl groups is 3. The van der Waals surface area contributed by atoms with E-state index < -0.39 is 36.7 Å². The third-order valence-corrected chi connectivity index (χ3v) is 5.74. The predicted molar refractivity (Wildman–Crippen MR) is 120 cm³/mol. The van der Waals surface area contributed by atoms with Crippen molar-refractivity contribution in [2.75, 3.05) is 19.8 Å². The molecule has 0 radical (unpaired) electrons. The molecule has 1 aliphatic heterocycles. The lowest BCUT2D eigenvalue weighted by Crippen LogP contribution is -2.55. The van der Waals surface area contributed by atoms with Gasteiger partial charge in [-0.25, -0.2) is 4.79 Å². The molecule has 1 fully saturated rings. The van der Waals surface area contributed by atoms with Crippen molar-refractivity contribution in [3.05, 3.63) is 64.2 Å². The van der Waals surface area contributed by atoms with Crippen molar-refractivity contribution in [2.45, 2.75) is 50.8 Å². The number of benzene rings is 2. The van der Waals surface area contributed by atoms with E-state index in [1.165, 1.54) is 0 Å². The molecule has 0 aromatic heterocycles. The molecule has 5 atom stereocenters. The van der Waals surface area contributed by atoms with Crippen molar-refractivity contribution in [1.82, 2.24) is 0 Å². The number of aliphatic hydroxyl groups excluding tert-OH is 3. The van der Waals surface area contributed by atoms with Gasteiger partial charge < -0.3 is 34.3 Å². The van der Waals surface area contributed by atoms with Crippen LogP contribution in [-0.4, -0.2) is 65.7 Å². The molecular weight excluding hydrogens is 452 g/mol. The van der Waals surface area contributed by atoms with Crippen LogP contribution in [0.25, 0.3) is 0 Å². The number of carbonyl (C=O) groups is 1. The Hall–Kier alpha value is -2.36. The zero-order chi connectivity index (χ0) is 24.0. The van der Waals surface area contributed by atoms with Gasteiger partial charge in [-0.2, -0.15) is 0 Å². The monoisotopic (exact) mass is 480 g/mol. The van der Waals surface area contributed by atoms with E-state index in [-0.39, 0.29) is 13.2 Å². The summed E-state index contributed by atoms with van der Waals surface area (Å²) >= 11 is 6.41. The lowest BCUT2D eigenvalue weighted by Gasteiger charge is -2.40. The molecule has 8 nitrogen and oxygen atoms in total. The number of hydrogen-bond acceptors (Lipinski definition) is 8. The molecule has 1 aliphatic rings. The Morgan fingerprint density at radius 2 is 1.70 bits per heavy atom. The van der Waals surface area contributed by atoms with Gasteiger partial charge in [0.05, 0.1) is 13.2 Å². The highest BCUT2D eigenvalue weighted by atomic mass is 35.5. The molecule has 9 heteroatoms. The van der Waals surface area contributed by atoms with Crippen molar-refractivity contribution >= 4 is 17.8 Å². The van der Waals surface area contributed by atoms with E-state index in [0.717, 1.165) is 16.9 Å². The summed E-state index contributed by atoms with van der Waals surface area (Å²) in [4.78, 5) is 11.5. The fourth-order valence-electron chi connectivity index (χ4n) is 3.67. The van der Waals surface area contributed by atoms with Gasteiger partial charge in [0.2, 0.25) is 0 Å². The number of ether oxygens (including phenoxy) is 4. The Morgan fingerprint density at radius 1 is 0.970 bits per heavy atom. The van der Waals surface area contributed by atoms with E-state index in [0.29, 0.717) is 23.6 Å². The molecule has 2 aromatic carbocycles. The molecule has 0 bridgehead atoms. The molecule has 0 aliphatic carbocycles. The minimum Gasteiger partial charge on any atom is -0.494 e. The quantitative estimate of drug-likeness (QED) is 0.494. The van der Waals surface area contributed by atoms with Gasteiger partial charge in [-0.1, -0.05) is 35.9 Å². The van der Waals surface area contributed by atoms with Crippen molar-refractivity contribution in [2.24, 2.45) is 0 Å². The summed E-state index contributed by atoms with van der Waals surface area (Å²) in [6.07, 6.45) is -6.72. The van der Waals surface area contributed by atoms with Gasteiger partial charge in [0.1, 0.15) is 42.9 Å². The predicted octanol–water partition coefficient (Wildman–Crippen LogP) is 3.03. The van der Waals surface area contributed by atoms with Gasteiger partial charge in [-0.15, -0.1) is 0 Å². The smallest absolute Gasteiger partial charge is 0.494 e. The van der Waals surface area contributed by atoms with Crippen molar-refractivity contribution in [1.29, 1.82) is 0 Å². The van der Waals surface area contributed by atoms with Gasteiger partial charge in [-0.05, 0) is 55.2 Å². The summed E-state index contributed by atoms with van der Waals surface area (Å²) in [6.45, 7) is 3.94. The molecule has 0 saturated carbocycles. The molecule has 180 valence electrons. The van der Waals surface area contributed by atoms with Crippen LogP contribution < -0.4 is 4.74 Å². The standard InChI is InChI=1S/C24H29ClO8/c1-3-30-17-8-5-14(6-9-17)11-16-12-15(7-10-18(16)25)23-22(28)21(27)20(26)19(33-23)13-32-24(29)31-4-2/h5-10,12,19-23,26-28H,3-4,11,13H2,1-2H3/t19-,20-,21+,22-,23+/m1/s1. The minimum absolute atomic E-state index is 0.138. The zero-order valence-corrected chi connectivity index (χ0v) is 19.3. The van der Waals surface area contributed by atoms with E-state index >= 15 is 0 Å². The molecule has 0 unspecified atom stereocenters. The zero-order valence-electron chi connectivity index (χ0n) is 18.5. The summed E-state index contributed by atoms with van der Waals surface area (Å²) < 4.78 is 20.9. The lowest BCUT2D eigenvalue weighted by molar-refractivity contribution is -0.232. The molecule has 33 heavy (non-hydrogen) atoms. The Balaban J connectivity index is 1.77. The van der Waals surface area contributed by atoms with Crippen LogP contribution in [-0.2, 0) is 20.6 Å². The SMILES string of the molecule is CCOC(=O)OC[C@H]1O[C@@H](c2ccc(Cl)c(Cc3ccc(OCC)cc3)c2)[C@H](O)[C@@H](O)[C@@H]1O. The molecule has 1 saturated heterocycles. The average Bonchev–Trinajstić information content (AvgIpc) is 2.80. The van der Waals surface area contributed by atoms with Crippen LogP contribution in [0, 0.1) is 0 Å². The fourth-order valence-corrected chi connectivity index (χ4v) is 3.86. The van der Waals surface area contributed by atoms with E-state index in [9.17, 15) is 20.1 Å². The molecule has 0 amide bonds. The topological polar surface area (TPSA) is 115 Å². The second-order valence-electron chi connectivity index (χ2n) is 7.67. The Morgan fingerprint density at radius 3 is 2.36 bits per heavy atom. The molecule has 3 N–H and O–H groups in total. The van der Waals surface area contributed by atoms with E-state index in [4.69, 9.17) is 30.5 Å². The lowest BCUT2D eigenvalue weighted by atomic mass is 9.90. The highest BCUT2D eigenvalue weighted by molar-refractivity contribution is 6.31. The average molecular weight is 481 g/mol. The number of carbonyl (C=O) groups excluding carboxylic acids is 1. The Labute approximate surface area is 197 Å². The van der Waals surface area contributed by atoms with Gasteiger partial charge in [0, 0.05) is 5.02 Å². The minimum atomic E-state index is -1.50. The van der Waals surface area contributed by atoms with Crippen molar-refractivity contribution in [3.8, 4) is 5.75 Å². The summed E-state index contributed by atoms with van der Waals surface area (Å²) in [5.74, 6) is 0.781. The molecule has 3 rings (SSSR count). The highest BCUT2D eigenvalue weighted by Gasteiger charge is 2.44. The van der Waals surface area contributed by atoms with E-state index in [1.54, 1.807) is 25.1 Å². The molecule has 2 aromatic rings. The second-order valence-corrected chi connectivity index (χ2v) is 8.07. The molecular formula is C24H29ClO8. The van der Waals surface area contributed by atoms with E-state index in [1.807, 2.05) is 31.2 Å². The van der Waals surface area contributed by atoms with E-state index in [2.05, 4.69) is 0 Å². The first-order valence-corrected chi connectivity index (χ1v) is 11.2. The summed E-state index contributed by atoms with van der Waals surface area (Å²) in [5, 5.41) is 31.7. The first-order valence-electron chi connectivity index (χ1n) is 10.8. The van der Waals surface area contributed by atoms with Crippen LogP contribution in [0.1, 0.15) is 36.6 Å². The van der Waals surface area contributed by atoms with Crippen LogP contribution in [0.5, 0.6) is 5.75 Å². The second kappa shape index (κ2) is 11.7.